The van der Waals surface area contributed by atoms with E-state index in [0.29, 0.717) is 24.6 Å². The van der Waals surface area contributed by atoms with E-state index >= 15 is 0 Å². The standard InChI is InChI=1S/C19H24FN3O.HI/c1-14(16-9-5-7-11-18(16)24-3)12-22-19(21-2)23-13-15-8-4-6-10-17(15)20;/h4-11,14H,12-13H2,1-3H3,(H2,21,22,23);1H. The Hall–Kier alpha value is -1.83. The molecule has 0 spiro atoms. The Morgan fingerprint density at radius 3 is 2.48 bits per heavy atom. The Kier molecular flexibility index (Phi) is 9.26. The Bertz CT molecular complexity index is 694. The zero-order chi connectivity index (χ0) is 17.4. The lowest BCUT2D eigenvalue weighted by atomic mass is 10.0. The molecule has 0 fully saturated rings. The molecule has 6 heteroatoms. The molecule has 136 valence electrons. The first-order valence-electron chi connectivity index (χ1n) is 7.96. The first kappa shape index (κ1) is 21.2. The van der Waals surface area contributed by atoms with Gasteiger partial charge in [-0.05, 0) is 17.7 Å². The number of nitrogens with one attached hydrogen (secondary N) is 2. The molecule has 0 aromatic heterocycles. The predicted octanol–water partition coefficient (Wildman–Crippen LogP) is 3.92. The van der Waals surface area contributed by atoms with Crippen LogP contribution in [-0.2, 0) is 6.54 Å². The number of benzene rings is 2. The van der Waals surface area contributed by atoms with Crippen molar-refractivity contribution >= 4 is 29.9 Å². The number of rotatable bonds is 6. The largest absolute Gasteiger partial charge is 0.496 e. The van der Waals surface area contributed by atoms with Gasteiger partial charge in [-0.2, -0.15) is 0 Å². The summed E-state index contributed by atoms with van der Waals surface area (Å²) >= 11 is 0. The molecular weight excluding hydrogens is 432 g/mol. The lowest BCUT2D eigenvalue weighted by Crippen LogP contribution is -2.38. The van der Waals surface area contributed by atoms with Crippen molar-refractivity contribution in [1.82, 2.24) is 10.6 Å². The second kappa shape index (κ2) is 10.9. The highest BCUT2D eigenvalue weighted by Gasteiger charge is 2.11. The zero-order valence-electron chi connectivity index (χ0n) is 14.8. The molecule has 2 aromatic carbocycles. The maximum atomic E-state index is 13.6. The van der Waals surface area contributed by atoms with Crippen LogP contribution in [0.5, 0.6) is 5.75 Å². The molecule has 2 aromatic rings. The second-order valence-corrected chi connectivity index (χ2v) is 5.54. The van der Waals surface area contributed by atoms with Gasteiger partial charge in [0.15, 0.2) is 5.96 Å². The summed E-state index contributed by atoms with van der Waals surface area (Å²) < 4.78 is 19.1. The number of hydrogen-bond acceptors (Lipinski definition) is 2. The fourth-order valence-electron chi connectivity index (χ4n) is 2.47. The van der Waals surface area contributed by atoms with Crippen LogP contribution in [0.1, 0.15) is 24.0 Å². The number of halogens is 2. The van der Waals surface area contributed by atoms with E-state index in [-0.39, 0.29) is 35.7 Å². The summed E-state index contributed by atoms with van der Waals surface area (Å²) in [6.07, 6.45) is 0. The Morgan fingerprint density at radius 1 is 1.12 bits per heavy atom. The van der Waals surface area contributed by atoms with Gasteiger partial charge in [-0.3, -0.25) is 4.99 Å². The molecule has 2 N–H and O–H groups in total. The maximum Gasteiger partial charge on any atom is 0.191 e. The lowest BCUT2D eigenvalue weighted by Gasteiger charge is -2.18. The smallest absolute Gasteiger partial charge is 0.191 e. The van der Waals surface area contributed by atoms with E-state index in [1.807, 2.05) is 24.3 Å². The number of ether oxygens (including phenoxy) is 1. The third kappa shape index (κ3) is 6.19. The van der Waals surface area contributed by atoms with Gasteiger partial charge >= 0.3 is 0 Å². The fourth-order valence-corrected chi connectivity index (χ4v) is 2.47. The second-order valence-electron chi connectivity index (χ2n) is 5.54. The fraction of sp³-hybridized carbons (Fsp3) is 0.316. The number of guanidine groups is 1. The minimum absolute atomic E-state index is 0. The molecule has 0 aliphatic carbocycles. The molecule has 0 bridgehead atoms. The van der Waals surface area contributed by atoms with E-state index < -0.39 is 0 Å². The molecule has 4 nitrogen and oxygen atoms in total. The molecule has 2 rings (SSSR count). The van der Waals surface area contributed by atoms with Gasteiger partial charge in [-0.25, -0.2) is 4.39 Å². The first-order chi connectivity index (χ1) is 11.7. The zero-order valence-corrected chi connectivity index (χ0v) is 17.1. The summed E-state index contributed by atoms with van der Waals surface area (Å²) in [5, 5.41) is 6.40. The topological polar surface area (TPSA) is 45.7 Å². The van der Waals surface area contributed by atoms with Gasteiger partial charge in [-0.1, -0.05) is 43.3 Å². The third-order valence-corrected chi connectivity index (χ3v) is 3.87. The molecule has 0 amide bonds. The van der Waals surface area contributed by atoms with Gasteiger partial charge in [0.05, 0.1) is 7.11 Å². The van der Waals surface area contributed by atoms with Crippen LogP contribution >= 0.6 is 24.0 Å². The van der Waals surface area contributed by atoms with Crippen LogP contribution in [0.15, 0.2) is 53.5 Å². The Labute approximate surface area is 165 Å². The lowest BCUT2D eigenvalue weighted by molar-refractivity contribution is 0.406. The van der Waals surface area contributed by atoms with Crippen LogP contribution in [0.3, 0.4) is 0 Å². The highest BCUT2D eigenvalue weighted by Crippen LogP contribution is 2.25. The number of para-hydroxylation sites is 1. The Balaban J connectivity index is 0.00000312. The average Bonchev–Trinajstić information content (AvgIpc) is 2.62. The molecule has 1 unspecified atom stereocenters. The van der Waals surface area contributed by atoms with Crippen LogP contribution in [0.4, 0.5) is 4.39 Å². The highest BCUT2D eigenvalue weighted by molar-refractivity contribution is 14.0. The van der Waals surface area contributed by atoms with Gasteiger partial charge in [0.25, 0.3) is 0 Å². The number of aliphatic imine (C=N–C) groups is 1. The molecular formula is C19H25FIN3O. The van der Waals surface area contributed by atoms with Crippen molar-refractivity contribution in [3.05, 3.63) is 65.5 Å². The van der Waals surface area contributed by atoms with E-state index in [0.717, 1.165) is 11.3 Å². The monoisotopic (exact) mass is 457 g/mol. The third-order valence-electron chi connectivity index (χ3n) is 3.87. The van der Waals surface area contributed by atoms with Crippen molar-refractivity contribution in [3.8, 4) is 5.75 Å². The SMILES string of the molecule is CN=C(NCc1ccccc1F)NCC(C)c1ccccc1OC.I. The van der Waals surface area contributed by atoms with Gasteiger partial charge in [0, 0.05) is 31.6 Å². The van der Waals surface area contributed by atoms with Gasteiger partial charge in [-0.15, -0.1) is 24.0 Å². The van der Waals surface area contributed by atoms with Crippen molar-refractivity contribution in [2.45, 2.75) is 19.4 Å². The maximum absolute atomic E-state index is 13.6. The summed E-state index contributed by atoms with van der Waals surface area (Å²) in [5.74, 6) is 1.54. The number of methoxy groups -OCH3 is 1. The van der Waals surface area contributed by atoms with E-state index in [1.165, 1.54) is 6.07 Å². The van der Waals surface area contributed by atoms with Crippen LogP contribution in [-0.4, -0.2) is 26.7 Å². The van der Waals surface area contributed by atoms with Crippen LogP contribution < -0.4 is 15.4 Å². The molecule has 0 saturated carbocycles. The van der Waals surface area contributed by atoms with Crippen LogP contribution in [0.2, 0.25) is 0 Å². The van der Waals surface area contributed by atoms with Gasteiger partial charge in [0.2, 0.25) is 0 Å². The predicted molar refractivity (Wildman–Crippen MR) is 111 cm³/mol. The van der Waals surface area contributed by atoms with Gasteiger partial charge in [0.1, 0.15) is 11.6 Å². The summed E-state index contributed by atoms with van der Waals surface area (Å²) in [6.45, 7) is 3.20. The average molecular weight is 457 g/mol. The molecule has 0 saturated heterocycles. The summed E-state index contributed by atoms with van der Waals surface area (Å²) in [6, 6.07) is 14.7. The van der Waals surface area contributed by atoms with E-state index in [2.05, 4.69) is 28.6 Å². The van der Waals surface area contributed by atoms with Crippen molar-refractivity contribution in [1.29, 1.82) is 0 Å². The quantitative estimate of drug-likeness (QED) is 0.393. The molecule has 0 radical (unpaired) electrons. The summed E-state index contributed by atoms with van der Waals surface area (Å²) in [5.41, 5.74) is 1.75. The van der Waals surface area contributed by atoms with Crippen molar-refractivity contribution in [2.24, 2.45) is 4.99 Å². The number of hydrogen-bond donors (Lipinski definition) is 2. The van der Waals surface area contributed by atoms with E-state index in [1.54, 1.807) is 26.3 Å². The van der Waals surface area contributed by atoms with Crippen LogP contribution in [0, 0.1) is 5.82 Å². The summed E-state index contributed by atoms with van der Waals surface area (Å²) in [7, 11) is 3.37. The van der Waals surface area contributed by atoms with Crippen molar-refractivity contribution in [3.63, 3.8) is 0 Å². The number of nitrogens with zero attached hydrogens (tertiary/aromatic N) is 1. The molecule has 0 heterocycles. The minimum Gasteiger partial charge on any atom is -0.496 e. The minimum atomic E-state index is -0.220. The molecule has 1 atom stereocenters. The summed E-state index contributed by atoms with van der Waals surface area (Å²) in [4.78, 5) is 4.18. The van der Waals surface area contributed by atoms with Gasteiger partial charge < -0.3 is 15.4 Å². The van der Waals surface area contributed by atoms with E-state index in [9.17, 15) is 4.39 Å². The highest BCUT2D eigenvalue weighted by atomic mass is 127. The molecule has 0 aliphatic heterocycles. The van der Waals surface area contributed by atoms with Crippen molar-refractivity contribution < 1.29 is 9.13 Å². The first-order valence-corrected chi connectivity index (χ1v) is 7.96. The van der Waals surface area contributed by atoms with Crippen molar-refractivity contribution in [2.75, 3.05) is 20.7 Å². The normalized spacial score (nSPS) is 12.1. The molecule has 25 heavy (non-hydrogen) atoms. The van der Waals surface area contributed by atoms with Crippen LogP contribution in [0.25, 0.3) is 0 Å². The van der Waals surface area contributed by atoms with E-state index in [4.69, 9.17) is 4.74 Å². The molecule has 0 aliphatic rings. The Morgan fingerprint density at radius 2 is 1.80 bits per heavy atom.